The Balaban J connectivity index is 2.18. The van der Waals surface area contributed by atoms with Crippen LogP contribution in [0.25, 0.3) is 0 Å². The summed E-state index contributed by atoms with van der Waals surface area (Å²) < 4.78 is 17.0. The number of carbonyl (C=O) groups excluding carboxylic acids is 2. The molecule has 1 aromatic carbocycles. The number of rotatable bonds is 14. The van der Waals surface area contributed by atoms with E-state index in [1.54, 1.807) is 0 Å². The van der Waals surface area contributed by atoms with E-state index >= 15 is 0 Å². The van der Waals surface area contributed by atoms with Crippen molar-refractivity contribution in [2.75, 3.05) is 18.6 Å². The SMILES string of the molecule is CC(=O)OC/C=C1\CC[C@@H](OC(C)=O)[C@](C)(CCCC(C)/C(CC=C(C)C)=N\Nc2ccc([N+](=O)[O-])cc2[N+](=O)[O-])OC1. The quantitative estimate of drug-likeness (QED) is 0.0822. The van der Waals surface area contributed by atoms with Gasteiger partial charge in [0, 0.05) is 32.0 Å². The predicted molar refractivity (Wildman–Crippen MR) is 162 cm³/mol. The van der Waals surface area contributed by atoms with E-state index in [1.165, 1.54) is 26.0 Å². The number of esters is 2. The normalized spacial score (nSPS) is 20.5. The molecule has 0 aromatic heterocycles. The second-order valence-electron chi connectivity index (χ2n) is 11.1. The van der Waals surface area contributed by atoms with Crippen molar-refractivity contribution in [3.63, 3.8) is 0 Å². The van der Waals surface area contributed by atoms with Crippen molar-refractivity contribution >= 4 is 34.7 Å². The first-order chi connectivity index (χ1) is 20.2. The van der Waals surface area contributed by atoms with Crippen LogP contribution in [0.5, 0.6) is 0 Å². The first-order valence-corrected chi connectivity index (χ1v) is 14.2. The molecule has 1 aromatic rings. The molecule has 1 aliphatic heterocycles. The van der Waals surface area contributed by atoms with E-state index in [2.05, 4.69) is 10.5 Å². The Hall–Kier alpha value is -4.13. The fourth-order valence-corrected chi connectivity index (χ4v) is 4.70. The highest BCUT2D eigenvalue weighted by atomic mass is 16.6. The molecule has 0 saturated carbocycles. The summed E-state index contributed by atoms with van der Waals surface area (Å²) in [6.45, 7) is 11.1. The summed E-state index contributed by atoms with van der Waals surface area (Å²) in [5, 5.41) is 27.1. The maximum absolute atomic E-state index is 11.9. The monoisotopic (exact) mass is 602 g/mol. The summed E-state index contributed by atoms with van der Waals surface area (Å²) in [5.74, 6) is -0.777. The Labute approximate surface area is 251 Å². The van der Waals surface area contributed by atoms with Gasteiger partial charge in [-0.3, -0.25) is 35.2 Å². The molecule has 0 radical (unpaired) electrons. The molecule has 1 unspecified atom stereocenters. The number of benzene rings is 1. The van der Waals surface area contributed by atoms with E-state index in [4.69, 9.17) is 14.2 Å². The summed E-state index contributed by atoms with van der Waals surface area (Å²) in [7, 11) is 0. The summed E-state index contributed by atoms with van der Waals surface area (Å²) in [6.07, 6.45) is 7.14. The summed E-state index contributed by atoms with van der Waals surface area (Å²) >= 11 is 0. The van der Waals surface area contributed by atoms with Gasteiger partial charge < -0.3 is 14.2 Å². The maximum atomic E-state index is 11.9. The highest BCUT2D eigenvalue weighted by Gasteiger charge is 2.39. The highest BCUT2D eigenvalue weighted by molar-refractivity contribution is 5.88. The Morgan fingerprint density at radius 2 is 1.91 bits per heavy atom. The van der Waals surface area contributed by atoms with Crippen molar-refractivity contribution in [2.45, 2.75) is 91.8 Å². The predicted octanol–water partition coefficient (Wildman–Crippen LogP) is 6.42. The van der Waals surface area contributed by atoms with Gasteiger partial charge in [-0.15, -0.1) is 0 Å². The minimum Gasteiger partial charge on any atom is -0.462 e. The number of nitro groups is 2. The third-order valence-electron chi connectivity index (χ3n) is 7.27. The molecule has 236 valence electrons. The number of hydrogen-bond donors (Lipinski definition) is 1. The van der Waals surface area contributed by atoms with Gasteiger partial charge in [-0.25, -0.2) is 0 Å². The minimum absolute atomic E-state index is 0.0269. The van der Waals surface area contributed by atoms with Crippen LogP contribution in [-0.4, -0.2) is 52.4 Å². The molecule has 43 heavy (non-hydrogen) atoms. The van der Waals surface area contributed by atoms with Gasteiger partial charge in [0.1, 0.15) is 24.0 Å². The van der Waals surface area contributed by atoms with E-state index < -0.39 is 27.2 Å². The van der Waals surface area contributed by atoms with Crippen molar-refractivity contribution in [3.8, 4) is 0 Å². The number of nitrogens with one attached hydrogen (secondary N) is 1. The fraction of sp³-hybridized carbons (Fsp3) is 0.567. The molecule has 1 aliphatic rings. The minimum atomic E-state index is -0.739. The third-order valence-corrected chi connectivity index (χ3v) is 7.27. The van der Waals surface area contributed by atoms with Crippen LogP contribution >= 0.6 is 0 Å². The van der Waals surface area contributed by atoms with Gasteiger partial charge in [0.25, 0.3) is 5.69 Å². The molecule has 0 bridgehead atoms. The second kappa shape index (κ2) is 16.5. The van der Waals surface area contributed by atoms with E-state index in [-0.39, 0.29) is 35.8 Å². The molecule has 13 nitrogen and oxygen atoms in total. The molecule has 1 saturated heterocycles. The first-order valence-electron chi connectivity index (χ1n) is 14.2. The van der Waals surface area contributed by atoms with Crippen LogP contribution in [0.3, 0.4) is 0 Å². The molecular weight excluding hydrogens is 560 g/mol. The average Bonchev–Trinajstić information content (AvgIpc) is 3.06. The third kappa shape index (κ3) is 11.6. The molecule has 1 heterocycles. The van der Waals surface area contributed by atoms with Crippen LogP contribution in [0, 0.1) is 26.1 Å². The molecule has 1 fully saturated rings. The number of hydrazone groups is 1. The molecule has 0 spiro atoms. The Kier molecular flexibility index (Phi) is 13.5. The first kappa shape index (κ1) is 35.1. The van der Waals surface area contributed by atoms with E-state index in [1.807, 2.05) is 39.8 Å². The summed E-state index contributed by atoms with van der Waals surface area (Å²) in [4.78, 5) is 44.3. The molecule has 0 aliphatic carbocycles. The second-order valence-corrected chi connectivity index (χ2v) is 11.1. The van der Waals surface area contributed by atoms with E-state index in [9.17, 15) is 29.8 Å². The van der Waals surface area contributed by atoms with Crippen LogP contribution in [-0.2, 0) is 23.8 Å². The number of hydrogen-bond acceptors (Lipinski definition) is 11. The lowest BCUT2D eigenvalue weighted by Gasteiger charge is -2.35. The number of carbonyl (C=O) groups is 2. The van der Waals surface area contributed by atoms with Crippen LogP contribution in [0.2, 0.25) is 0 Å². The molecule has 0 amide bonds. The van der Waals surface area contributed by atoms with Crippen molar-refractivity contribution in [1.82, 2.24) is 0 Å². The lowest BCUT2D eigenvalue weighted by molar-refractivity contribution is -0.393. The number of ether oxygens (including phenoxy) is 3. The summed E-state index contributed by atoms with van der Waals surface area (Å²) in [5.41, 5.74) is 4.06. The van der Waals surface area contributed by atoms with Crippen molar-refractivity contribution in [2.24, 2.45) is 11.0 Å². The molecule has 1 N–H and O–H groups in total. The molecule has 3 atom stereocenters. The summed E-state index contributed by atoms with van der Waals surface area (Å²) in [6, 6.07) is 3.37. The van der Waals surface area contributed by atoms with Gasteiger partial charge in [-0.05, 0) is 76.5 Å². The van der Waals surface area contributed by atoms with Crippen molar-refractivity contribution in [1.29, 1.82) is 0 Å². The number of non-ortho nitro benzene ring substituents is 1. The highest BCUT2D eigenvalue weighted by Crippen LogP contribution is 2.34. The fourth-order valence-electron chi connectivity index (χ4n) is 4.70. The lowest BCUT2D eigenvalue weighted by Crippen LogP contribution is -2.43. The van der Waals surface area contributed by atoms with Crippen molar-refractivity contribution < 1.29 is 33.6 Å². The van der Waals surface area contributed by atoms with E-state index in [0.29, 0.717) is 45.1 Å². The Bertz CT molecular complexity index is 1270. The van der Waals surface area contributed by atoms with Crippen molar-refractivity contribution in [3.05, 3.63) is 61.7 Å². The van der Waals surface area contributed by atoms with Crippen LogP contribution in [0.4, 0.5) is 17.1 Å². The van der Waals surface area contributed by atoms with Gasteiger partial charge >= 0.3 is 17.6 Å². The molecular formula is C30H42N4O9. The van der Waals surface area contributed by atoms with Gasteiger partial charge in [-0.2, -0.15) is 5.10 Å². The van der Waals surface area contributed by atoms with Gasteiger partial charge in [0.15, 0.2) is 0 Å². The zero-order chi connectivity index (χ0) is 32.2. The smallest absolute Gasteiger partial charge is 0.303 e. The van der Waals surface area contributed by atoms with E-state index in [0.717, 1.165) is 22.9 Å². The lowest BCUT2D eigenvalue weighted by atomic mass is 9.87. The van der Waals surface area contributed by atoms with Crippen LogP contribution in [0.1, 0.15) is 80.1 Å². The average molecular weight is 603 g/mol. The van der Waals surface area contributed by atoms with Crippen LogP contribution < -0.4 is 5.43 Å². The number of nitrogens with zero attached hydrogens (tertiary/aromatic N) is 3. The zero-order valence-corrected chi connectivity index (χ0v) is 25.7. The number of nitro benzene ring substituents is 2. The Morgan fingerprint density at radius 1 is 1.19 bits per heavy atom. The topological polar surface area (TPSA) is 173 Å². The molecule has 2 rings (SSSR count). The standard InChI is InChI=1S/C30H42N4O9/c1-20(2)9-12-26(31-32-27-13-11-25(33(37)38)18-28(27)34(39)40)21(3)8-7-16-30(6)29(43-23(5)36)14-10-24(19-42-30)15-17-41-22(4)35/h9,11,13,15,18,21,29,32H,7-8,10,12,14,16-17,19H2,1-6H3/b24-15+,31-26-/t21?,29-,30+/m1/s1. The number of anilines is 1. The van der Waals surface area contributed by atoms with Gasteiger partial charge in [0.05, 0.1) is 22.5 Å². The molecule has 13 heteroatoms. The van der Waals surface area contributed by atoms with Gasteiger partial charge in [-0.1, -0.05) is 18.6 Å². The number of allylic oxidation sites excluding steroid dienone is 2. The largest absolute Gasteiger partial charge is 0.462 e. The van der Waals surface area contributed by atoms with Gasteiger partial charge in [0.2, 0.25) is 0 Å². The van der Waals surface area contributed by atoms with Crippen LogP contribution in [0.15, 0.2) is 46.6 Å². The Morgan fingerprint density at radius 3 is 2.51 bits per heavy atom. The zero-order valence-electron chi connectivity index (χ0n) is 25.7. The maximum Gasteiger partial charge on any atom is 0.303 e.